The first kappa shape index (κ1) is 14.9. The van der Waals surface area contributed by atoms with Gasteiger partial charge in [-0.3, -0.25) is 0 Å². The normalized spacial score (nSPS) is 10.8. The van der Waals surface area contributed by atoms with Crippen molar-refractivity contribution in [1.29, 1.82) is 0 Å². The highest BCUT2D eigenvalue weighted by molar-refractivity contribution is 4.99. The fraction of sp³-hybridized carbons (Fsp3) is 0.750. The van der Waals surface area contributed by atoms with Gasteiger partial charge in [0.15, 0.2) is 0 Å². The van der Waals surface area contributed by atoms with Crippen molar-refractivity contribution < 1.29 is 18.6 Å². The topological polar surface area (TPSA) is 65.8 Å². The molecule has 0 aliphatic rings. The van der Waals surface area contributed by atoms with Crippen LogP contribution < -0.4 is 10.1 Å². The first-order chi connectivity index (χ1) is 8.86. The zero-order chi connectivity index (χ0) is 13.1. The summed E-state index contributed by atoms with van der Waals surface area (Å²) < 4.78 is 20.7. The maximum atomic E-state index is 5.34. The molecule has 0 bridgehead atoms. The second kappa shape index (κ2) is 9.87. The van der Waals surface area contributed by atoms with Gasteiger partial charge in [0.05, 0.1) is 12.3 Å². The van der Waals surface area contributed by atoms with E-state index in [1.165, 1.54) is 0 Å². The van der Waals surface area contributed by atoms with E-state index in [0.29, 0.717) is 39.0 Å². The van der Waals surface area contributed by atoms with Gasteiger partial charge in [-0.2, -0.15) is 4.98 Å². The van der Waals surface area contributed by atoms with Crippen LogP contribution in [0.1, 0.15) is 19.0 Å². The lowest BCUT2D eigenvalue weighted by atomic mass is 10.5. The van der Waals surface area contributed by atoms with Crippen LogP contribution in [0.5, 0.6) is 6.08 Å². The summed E-state index contributed by atoms with van der Waals surface area (Å²) in [5, 5.41) is 3.16. The summed E-state index contributed by atoms with van der Waals surface area (Å²) in [6.45, 7) is 5.99. The zero-order valence-electron chi connectivity index (χ0n) is 11.1. The molecule has 1 heterocycles. The van der Waals surface area contributed by atoms with Crippen LogP contribution in [0.4, 0.5) is 0 Å². The summed E-state index contributed by atoms with van der Waals surface area (Å²) in [6.07, 6.45) is 2.78. The van der Waals surface area contributed by atoms with Crippen LogP contribution >= 0.6 is 0 Å². The molecule has 0 aliphatic carbocycles. The molecule has 0 unspecified atom stereocenters. The predicted octanol–water partition coefficient (Wildman–Crippen LogP) is 1.22. The summed E-state index contributed by atoms with van der Waals surface area (Å²) in [4.78, 5) is 4.17. The van der Waals surface area contributed by atoms with E-state index in [1.54, 1.807) is 13.4 Å². The minimum Gasteiger partial charge on any atom is -0.448 e. The molecule has 104 valence electrons. The van der Waals surface area contributed by atoms with Crippen molar-refractivity contribution in [3.05, 3.63) is 12.0 Å². The lowest BCUT2D eigenvalue weighted by molar-refractivity contribution is 0.0724. The third-order valence-electron chi connectivity index (χ3n) is 2.18. The highest BCUT2D eigenvalue weighted by atomic mass is 16.6. The number of methoxy groups -OCH3 is 1. The second-order valence-corrected chi connectivity index (χ2v) is 3.69. The van der Waals surface area contributed by atoms with Gasteiger partial charge >= 0.3 is 6.08 Å². The monoisotopic (exact) mass is 258 g/mol. The molecule has 0 fully saturated rings. The Bertz CT molecular complexity index is 304. The lowest BCUT2D eigenvalue weighted by Crippen LogP contribution is -2.12. The van der Waals surface area contributed by atoms with Crippen molar-refractivity contribution >= 4 is 0 Å². The molecule has 0 amide bonds. The van der Waals surface area contributed by atoms with E-state index in [9.17, 15) is 0 Å². The quantitative estimate of drug-likeness (QED) is 0.602. The molecule has 0 aliphatic heterocycles. The van der Waals surface area contributed by atoms with Gasteiger partial charge in [0.1, 0.15) is 12.9 Å². The van der Waals surface area contributed by atoms with Crippen molar-refractivity contribution in [2.45, 2.75) is 19.9 Å². The Balaban J connectivity index is 2.03. The number of rotatable bonds is 11. The van der Waals surface area contributed by atoms with Gasteiger partial charge < -0.3 is 23.9 Å². The number of oxazole rings is 1. The van der Waals surface area contributed by atoms with E-state index in [0.717, 1.165) is 18.7 Å². The molecule has 0 aromatic carbocycles. The van der Waals surface area contributed by atoms with Crippen LogP contribution in [0.3, 0.4) is 0 Å². The minimum atomic E-state index is 0.295. The zero-order valence-corrected chi connectivity index (χ0v) is 11.1. The molecule has 18 heavy (non-hydrogen) atoms. The number of nitrogens with one attached hydrogen (secondary N) is 1. The molecule has 1 aromatic heterocycles. The Kier molecular flexibility index (Phi) is 8.20. The smallest absolute Gasteiger partial charge is 0.393 e. The third kappa shape index (κ3) is 6.58. The summed E-state index contributed by atoms with van der Waals surface area (Å²) in [5.74, 6) is 0. The molecule has 0 saturated carbocycles. The van der Waals surface area contributed by atoms with E-state index >= 15 is 0 Å². The molecule has 0 radical (unpaired) electrons. The Morgan fingerprint density at radius 3 is 2.94 bits per heavy atom. The SMILES string of the molecule is CCNCc1coc(OCCOCCCOC)n1. The van der Waals surface area contributed by atoms with Crippen LogP contribution in [0.25, 0.3) is 0 Å². The van der Waals surface area contributed by atoms with Crippen LogP contribution in [-0.4, -0.2) is 45.1 Å². The van der Waals surface area contributed by atoms with Crippen LogP contribution in [-0.2, 0) is 16.0 Å². The summed E-state index contributed by atoms with van der Waals surface area (Å²) in [5.41, 5.74) is 0.841. The van der Waals surface area contributed by atoms with Gasteiger partial charge in [-0.1, -0.05) is 6.92 Å². The number of hydrogen-bond donors (Lipinski definition) is 1. The molecule has 6 nitrogen and oxygen atoms in total. The van der Waals surface area contributed by atoms with Gasteiger partial charge in [0.2, 0.25) is 0 Å². The highest BCUT2D eigenvalue weighted by Gasteiger charge is 2.03. The third-order valence-corrected chi connectivity index (χ3v) is 2.18. The van der Waals surface area contributed by atoms with E-state index < -0.39 is 0 Å². The summed E-state index contributed by atoms with van der Waals surface area (Å²) in [6, 6.07) is 0. The number of hydrogen-bond acceptors (Lipinski definition) is 6. The van der Waals surface area contributed by atoms with Crippen molar-refractivity contribution in [1.82, 2.24) is 10.3 Å². The van der Waals surface area contributed by atoms with Gasteiger partial charge in [-0.25, -0.2) is 0 Å². The average molecular weight is 258 g/mol. The van der Waals surface area contributed by atoms with Gasteiger partial charge in [-0.15, -0.1) is 0 Å². The number of aromatic nitrogens is 1. The standard InChI is InChI=1S/C12H22N2O4/c1-3-13-9-11-10-18-12(14-11)17-8-7-16-6-4-5-15-2/h10,13H,3-9H2,1-2H3. The fourth-order valence-corrected chi connectivity index (χ4v) is 1.28. The largest absolute Gasteiger partial charge is 0.448 e. The van der Waals surface area contributed by atoms with Gasteiger partial charge in [0.25, 0.3) is 0 Å². The van der Waals surface area contributed by atoms with Gasteiger partial charge in [0, 0.05) is 26.9 Å². The molecule has 1 N–H and O–H groups in total. The first-order valence-electron chi connectivity index (χ1n) is 6.21. The molecule has 1 rings (SSSR count). The van der Waals surface area contributed by atoms with Crippen LogP contribution in [0.2, 0.25) is 0 Å². The molecule has 6 heteroatoms. The average Bonchev–Trinajstić information content (AvgIpc) is 2.83. The summed E-state index contributed by atoms with van der Waals surface area (Å²) in [7, 11) is 1.68. The van der Waals surface area contributed by atoms with E-state index in [2.05, 4.69) is 10.3 Å². The fourth-order valence-electron chi connectivity index (χ4n) is 1.28. The van der Waals surface area contributed by atoms with Crippen molar-refractivity contribution in [2.75, 3.05) is 40.1 Å². The molecule has 1 aromatic rings. The Morgan fingerprint density at radius 1 is 1.28 bits per heavy atom. The van der Waals surface area contributed by atoms with Crippen molar-refractivity contribution in [3.8, 4) is 6.08 Å². The number of ether oxygens (including phenoxy) is 3. The maximum absolute atomic E-state index is 5.34. The van der Waals surface area contributed by atoms with E-state index in [1.807, 2.05) is 6.92 Å². The Labute approximate surface area is 108 Å². The predicted molar refractivity (Wildman–Crippen MR) is 66.7 cm³/mol. The van der Waals surface area contributed by atoms with Gasteiger partial charge in [-0.05, 0) is 13.0 Å². The van der Waals surface area contributed by atoms with Crippen molar-refractivity contribution in [3.63, 3.8) is 0 Å². The van der Waals surface area contributed by atoms with Crippen LogP contribution in [0.15, 0.2) is 10.7 Å². The molecule has 0 saturated heterocycles. The first-order valence-corrected chi connectivity index (χ1v) is 6.21. The molecular weight excluding hydrogens is 236 g/mol. The second-order valence-electron chi connectivity index (χ2n) is 3.69. The summed E-state index contributed by atoms with van der Waals surface area (Å²) >= 11 is 0. The molecule has 0 atom stereocenters. The van der Waals surface area contributed by atoms with Crippen LogP contribution in [0, 0.1) is 0 Å². The van der Waals surface area contributed by atoms with Crippen molar-refractivity contribution in [2.24, 2.45) is 0 Å². The van der Waals surface area contributed by atoms with E-state index in [4.69, 9.17) is 18.6 Å². The highest BCUT2D eigenvalue weighted by Crippen LogP contribution is 2.09. The number of nitrogens with zero attached hydrogens (tertiary/aromatic N) is 1. The minimum absolute atomic E-state index is 0.295. The Hall–Kier alpha value is -1.11. The van der Waals surface area contributed by atoms with E-state index in [-0.39, 0.29) is 0 Å². The Morgan fingerprint density at radius 2 is 2.17 bits per heavy atom. The maximum Gasteiger partial charge on any atom is 0.393 e. The molecular formula is C12H22N2O4. The molecule has 0 spiro atoms. The lowest BCUT2D eigenvalue weighted by Gasteiger charge is -2.03.